The fraction of sp³-hybridized carbons (Fsp3) is 0.500. The van der Waals surface area contributed by atoms with Crippen molar-refractivity contribution in [1.82, 2.24) is 5.32 Å². The Morgan fingerprint density at radius 2 is 1.85 bits per heavy atom. The Balaban J connectivity index is 2.42. The van der Waals surface area contributed by atoms with E-state index in [4.69, 9.17) is 5.11 Å². The quantitative estimate of drug-likeness (QED) is 0.805. The van der Waals surface area contributed by atoms with Gasteiger partial charge in [-0.15, -0.1) is 0 Å². The summed E-state index contributed by atoms with van der Waals surface area (Å²) in [6, 6.07) is 8.14. The van der Waals surface area contributed by atoms with Crippen LogP contribution in [0.15, 0.2) is 24.3 Å². The van der Waals surface area contributed by atoms with Crippen LogP contribution in [0, 0.1) is 12.8 Å². The summed E-state index contributed by atoms with van der Waals surface area (Å²) in [5.74, 6) is -1.09. The first-order valence-electron chi connectivity index (χ1n) is 6.94. The highest BCUT2D eigenvalue weighted by Crippen LogP contribution is 2.11. The molecule has 20 heavy (non-hydrogen) atoms. The zero-order valence-electron chi connectivity index (χ0n) is 12.3. The van der Waals surface area contributed by atoms with Crippen LogP contribution in [0.4, 0.5) is 0 Å². The second-order valence-electron chi connectivity index (χ2n) is 5.51. The van der Waals surface area contributed by atoms with Crippen molar-refractivity contribution in [3.63, 3.8) is 0 Å². The van der Waals surface area contributed by atoms with E-state index in [1.54, 1.807) is 6.92 Å². The van der Waals surface area contributed by atoms with Crippen molar-refractivity contribution < 1.29 is 14.7 Å². The minimum atomic E-state index is -0.863. The Labute approximate surface area is 120 Å². The van der Waals surface area contributed by atoms with Crippen LogP contribution in [-0.4, -0.2) is 23.0 Å². The molecule has 0 saturated carbocycles. The normalized spacial score (nSPS) is 13.6. The number of amides is 1. The largest absolute Gasteiger partial charge is 0.481 e. The summed E-state index contributed by atoms with van der Waals surface area (Å²) in [5.41, 5.74) is 2.44. The predicted molar refractivity (Wildman–Crippen MR) is 78.5 cm³/mol. The van der Waals surface area contributed by atoms with Gasteiger partial charge in [-0.2, -0.15) is 0 Å². The molecule has 2 unspecified atom stereocenters. The molecule has 4 nitrogen and oxygen atoms in total. The number of carboxylic acids is 1. The highest BCUT2D eigenvalue weighted by Gasteiger charge is 2.14. The monoisotopic (exact) mass is 277 g/mol. The van der Waals surface area contributed by atoms with Crippen LogP contribution < -0.4 is 5.32 Å². The summed E-state index contributed by atoms with van der Waals surface area (Å²) in [6.07, 6.45) is 1.07. The van der Waals surface area contributed by atoms with Crippen LogP contribution in [0.5, 0.6) is 0 Å². The Morgan fingerprint density at radius 1 is 1.20 bits per heavy atom. The van der Waals surface area contributed by atoms with Crippen LogP contribution in [0.2, 0.25) is 0 Å². The summed E-state index contributed by atoms with van der Waals surface area (Å²) in [6.45, 7) is 5.80. The number of carbonyl (C=O) groups excluding carboxylic acids is 1. The summed E-state index contributed by atoms with van der Waals surface area (Å²) >= 11 is 0. The van der Waals surface area contributed by atoms with Crippen molar-refractivity contribution in [2.24, 2.45) is 5.92 Å². The molecule has 1 aromatic carbocycles. The van der Waals surface area contributed by atoms with Gasteiger partial charge in [0.05, 0.1) is 0 Å². The van der Waals surface area contributed by atoms with E-state index in [1.807, 2.05) is 19.1 Å². The standard InChI is InChI=1S/C16H23NO3/c1-11(9-16(19)20)8-15(18)17-13(3)10-14-7-5-4-6-12(14)2/h4-7,11,13H,8-10H2,1-3H3,(H,17,18)(H,19,20). The van der Waals surface area contributed by atoms with Crippen LogP contribution >= 0.6 is 0 Å². The molecule has 0 radical (unpaired) electrons. The van der Waals surface area contributed by atoms with E-state index >= 15 is 0 Å². The van der Waals surface area contributed by atoms with E-state index < -0.39 is 5.97 Å². The molecule has 0 aliphatic rings. The minimum absolute atomic E-state index is 0.0274. The predicted octanol–water partition coefficient (Wildman–Crippen LogP) is 2.54. The van der Waals surface area contributed by atoms with Crippen molar-refractivity contribution >= 4 is 11.9 Å². The molecule has 1 rings (SSSR count). The first-order valence-corrected chi connectivity index (χ1v) is 6.94. The minimum Gasteiger partial charge on any atom is -0.481 e. The molecule has 4 heteroatoms. The third-order valence-electron chi connectivity index (χ3n) is 3.25. The van der Waals surface area contributed by atoms with Crippen LogP contribution in [0.1, 0.15) is 37.8 Å². The smallest absolute Gasteiger partial charge is 0.303 e. The van der Waals surface area contributed by atoms with Crippen molar-refractivity contribution in [2.45, 2.75) is 46.1 Å². The van der Waals surface area contributed by atoms with E-state index in [1.165, 1.54) is 11.1 Å². The van der Waals surface area contributed by atoms with E-state index in [9.17, 15) is 9.59 Å². The van der Waals surface area contributed by atoms with Crippen molar-refractivity contribution in [2.75, 3.05) is 0 Å². The van der Waals surface area contributed by atoms with Gasteiger partial charge in [0, 0.05) is 18.9 Å². The lowest BCUT2D eigenvalue weighted by Gasteiger charge is -2.16. The molecule has 0 aliphatic carbocycles. The van der Waals surface area contributed by atoms with Crippen molar-refractivity contribution in [3.05, 3.63) is 35.4 Å². The Morgan fingerprint density at radius 3 is 2.45 bits per heavy atom. The average molecular weight is 277 g/mol. The number of aryl methyl sites for hydroxylation is 1. The number of benzene rings is 1. The number of rotatable bonds is 7. The van der Waals surface area contributed by atoms with Gasteiger partial charge in [-0.25, -0.2) is 0 Å². The molecule has 0 bridgehead atoms. The van der Waals surface area contributed by atoms with Crippen molar-refractivity contribution in [3.8, 4) is 0 Å². The molecular formula is C16H23NO3. The van der Waals surface area contributed by atoms with E-state index in [-0.39, 0.29) is 30.7 Å². The second kappa shape index (κ2) is 7.68. The molecular weight excluding hydrogens is 254 g/mol. The zero-order valence-corrected chi connectivity index (χ0v) is 12.3. The van der Waals surface area contributed by atoms with E-state index in [2.05, 4.69) is 24.4 Å². The van der Waals surface area contributed by atoms with Crippen LogP contribution in [0.25, 0.3) is 0 Å². The highest BCUT2D eigenvalue weighted by molar-refractivity contribution is 5.77. The number of hydrogen-bond acceptors (Lipinski definition) is 2. The molecule has 0 heterocycles. The molecule has 1 amide bonds. The van der Waals surface area contributed by atoms with Gasteiger partial charge in [0.25, 0.3) is 0 Å². The third kappa shape index (κ3) is 5.87. The van der Waals surface area contributed by atoms with Crippen LogP contribution in [-0.2, 0) is 16.0 Å². The highest BCUT2D eigenvalue weighted by atomic mass is 16.4. The van der Waals surface area contributed by atoms with Gasteiger partial charge in [0.1, 0.15) is 0 Å². The van der Waals surface area contributed by atoms with Crippen LogP contribution in [0.3, 0.4) is 0 Å². The first kappa shape index (κ1) is 16.2. The van der Waals surface area contributed by atoms with Gasteiger partial charge >= 0.3 is 5.97 Å². The van der Waals surface area contributed by atoms with Gasteiger partial charge < -0.3 is 10.4 Å². The lowest BCUT2D eigenvalue weighted by molar-refractivity contribution is -0.138. The maximum absolute atomic E-state index is 11.8. The topological polar surface area (TPSA) is 66.4 Å². The summed E-state index contributed by atoms with van der Waals surface area (Å²) in [5, 5.41) is 11.6. The Hall–Kier alpha value is -1.84. The first-order chi connectivity index (χ1) is 9.38. The fourth-order valence-electron chi connectivity index (χ4n) is 2.24. The molecule has 0 fully saturated rings. The zero-order chi connectivity index (χ0) is 15.1. The van der Waals surface area contributed by atoms with Gasteiger partial charge in [-0.05, 0) is 37.3 Å². The Kier molecular flexibility index (Phi) is 6.22. The molecule has 1 aromatic rings. The molecule has 0 spiro atoms. The second-order valence-corrected chi connectivity index (χ2v) is 5.51. The lowest BCUT2D eigenvalue weighted by Crippen LogP contribution is -2.35. The number of aliphatic carboxylic acids is 1. The van der Waals surface area contributed by atoms with Crippen molar-refractivity contribution in [1.29, 1.82) is 0 Å². The number of carbonyl (C=O) groups is 2. The summed E-state index contributed by atoms with van der Waals surface area (Å²) < 4.78 is 0. The number of nitrogens with one attached hydrogen (secondary N) is 1. The molecule has 2 atom stereocenters. The van der Waals surface area contributed by atoms with E-state index in [0.29, 0.717) is 0 Å². The van der Waals surface area contributed by atoms with Gasteiger partial charge in [0.2, 0.25) is 5.91 Å². The third-order valence-corrected chi connectivity index (χ3v) is 3.25. The maximum atomic E-state index is 11.8. The molecule has 0 saturated heterocycles. The molecule has 0 aliphatic heterocycles. The fourth-order valence-corrected chi connectivity index (χ4v) is 2.24. The average Bonchev–Trinajstić information content (AvgIpc) is 2.30. The maximum Gasteiger partial charge on any atom is 0.303 e. The number of carboxylic acid groups (broad SMARTS) is 1. The summed E-state index contributed by atoms with van der Waals surface area (Å²) in [4.78, 5) is 22.4. The SMILES string of the molecule is Cc1ccccc1CC(C)NC(=O)CC(C)CC(=O)O. The lowest BCUT2D eigenvalue weighted by atomic mass is 10.0. The van der Waals surface area contributed by atoms with Gasteiger partial charge in [-0.1, -0.05) is 31.2 Å². The van der Waals surface area contributed by atoms with Gasteiger partial charge in [-0.3, -0.25) is 9.59 Å². The number of hydrogen-bond donors (Lipinski definition) is 2. The summed E-state index contributed by atoms with van der Waals surface area (Å²) in [7, 11) is 0. The molecule has 0 aromatic heterocycles. The van der Waals surface area contributed by atoms with E-state index in [0.717, 1.165) is 6.42 Å². The Bertz CT molecular complexity index is 471. The molecule has 2 N–H and O–H groups in total. The van der Waals surface area contributed by atoms with Gasteiger partial charge in [0.15, 0.2) is 0 Å². The molecule has 110 valence electrons.